The minimum Gasteiger partial charge on any atom is -0.495 e. The number of likely N-dealkylation sites (N-methyl/N-ethyl adjacent to an activating group) is 1. The molecule has 0 aliphatic heterocycles. The molecule has 0 radical (unpaired) electrons. The fraction of sp³-hybridized carbons (Fsp3) is 0.238. The van der Waals surface area contributed by atoms with Gasteiger partial charge in [-0.1, -0.05) is 28.9 Å². The van der Waals surface area contributed by atoms with Crippen molar-refractivity contribution >= 4 is 40.9 Å². The number of hydrogen-bond donors (Lipinski definition) is 1. The van der Waals surface area contributed by atoms with Crippen LogP contribution < -0.4 is 10.1 Å². The zero-order chi connectivity index (χ0) is 22.4. The lowest BCUT2D eigenvalue weighted by molar-refractivity contribution is -0.116. The molecule has 0 bridgehead atoms. The summed E-state index contributed by atoms with van der Waals surface area (Å²) in [6.07, 6.45) is 0. The van der Waals surface area contributed by atoms with Crippen molar-refractivity contribution in [3.63, 3.8) is 0 Å². The van der Waals surface area contributed by atoms with Gasteiger partial charge in [-0.2, -0.15) is 4.98 Å². The average Bonchev–Trinajstić information content (AvgIpc) is 3.17. The van der Waals surface area contributed by atoms with Crippen LogP contribution in [0.5, 0.6) is 5.75 Å². The summed E-state index contributed by atoms with van der Waals surface area (Å²) < 4.78 is 10.4. The van der Waals surface area contributed by atoms with Crippen molar-refractivity contribution in [1.29, 1.82) is 0 Å². The van der Waals surface area contributed by atoms with E-state index in [0.29, 0.717) is 39.5 Å². The molecule has 2 amide bonds. The number of hydrogen-bond acceptors (Lipinski definition) is 7. The molecule has 2 aromatic carbocycles. The highest BCUT2D eigenvalue weighted by Gasteiger charge is 2.19. The monoisotopic (exact) mass is 460 g/mol. The van der Waals surface area contributed by atoms with Gasteiger partial charge in [0.2, 0.25) is 11.8 Å². The van der Waals surface area contributed by atoms with Crippen LogP contribution in [0, 0.1) is 6.92 Å². The average molecular weight is 461 g/mol. The molecule has 0 saturated heterocycles. The first-order valence-electron chi connectivity index (χ1n) is 9.27. The number of rotatable bonds is 8. The van der Waals surface area contributed by atoms with E-state index in [9.17, 15) is 9.59 Å². The highest BCUT2D eigenvalue weighted by molar-refractivity contribution is 7.98. The van der Waals surface area contributed by atoms with Gasteiger partial charge in [-0.3, -0.25) is 9.59 Å². The molecule has 0 fully saturated rings. The van der Waals surface area contributed by atoms with Crippen LogP contribution in [0.15, 0.2) is 51.9 Å². The molecular formula is C21H21ClN4O4S. The number of aromatic nitrogens is 2. The molecule has 1 N–H and O–H groups in total. The van der Waals surface area contributed by atoms with E-state index in [0.717, 1.165) is 4.90 Å². The van der Waals surface area contributed by atoms with Crippen molar-refractivity contribution in [2.24, 2.45) is 0 Å². The smallest absolute Gasteiger partial charge is 0.255 e. The minimum absolute atomic E-state index is 0.143. The Hall–Kier alpha value is -3.04. The number of anilines is 1. The number of halogens is 1. The third-order valence-corrected chi connectivity index (χ3v) is 5.49. The van der Waals surface area contributed by atoms with E-state index in [-0.39, 0.29) is 18.4 Å². The van der Waals surface area contributed by atoms with E-state index in [1.54, 1.807) is 44.3 Å². The third-order valence-electron chi connectivity index (χ3n) is 4.20. The Morgan fingerprint density at radius 3 is 2.74 bits per heavy atom. The summed E-state index contributed by atoms with van der Waals surface area (Å²) >= 11 is 7.41. The maximum Gasteiger partial charge on any atom is 0.255 e. The summed E-state index contributed by atoms with van der Waals surface area (Å²) in [5, 5.41) is 6.95. The van der Waals surface area contributed by atoms with Crippen LogP contribution in [0.4, 0.5) is 5.69 Å². The predicted octanol–water partition coefficient (Wildman–Crippen LogP) is 4.04. The summed E-state index contributed by atoms with van der Waals surface area (Å²) in [5.41, 5.74) is 0.922. The van der Waals surface area contributed by atoms with Gasteiger partial charge < -0.3 is 19.5 Å². The van der Waals surface area contributed by atoms with Gasteiger partial charge in [0.25, 0.3) is 5.91 Å². The Morgan fingerprint density at radius 1 is 1.26 bits per heavy atom. The molecule has 0 atom stereocenters. The molecule has 0 aliphatic rings. The Morgan fingerprint density at radius 2 is 2.03 bits per heavy atom. The first-order valence-corrected chi connectivity index (χ1v) is 10.6. The Bertz CT molecular complexity index is 1090. The molecule has 1 aromatic heterocycles. The quantitative estimate of drug-likeness (QED) is 0.506. The maximum atomic E-state index is 13.0. The Labute approximate surface area is 188 Å². The van der Waals surface area contributed by atoms with Crippen LogP contribution in [0.2, 0.25) is 5.02 Å². The topological polar surface area (TPSA) is 97.6 Å². The molecule has 162 valence electrons. The molecule has 0 saturated carbocycles. The second-order valence-corrected chi connectivity index (χ2v) is 8.03. The van der Waals surface area contributed by atoms with Crippen molar-refractivity contribution in [3.05, 3.63) is 64.8 Å². The number of amides is 2. The number of benzene rings is 2. The predicted molar refractivity (Wildman–Crippen MR) is 119 cm³/mol. The van der Waals surface area contributed by atoms with Crippen LogP contribution in [0.3, 0.4) is 0 Å². The van der Waals surface area contributed by atoms with Gasteiger partial charge in [-0.05, 0) is 37.3 Å². The van der Waals surface area contributed by atoms with E-state index in [4.69, 9.17) is 20.9 Å². The van der Waals surface area contributed by atoms with Gasteiger partial charge in [0, 0.05) is 17.0 Å². The highest BCUT2D eigenvalue weighted by atomic mass is 35.5. The third kappa shape index (κ3) is 5.99. The molecule has 0 aliphatic carbocycles. The lowest BCUT2D eigenvalue weighted by Gasteiger charge is -2.19. The first kappa shape index (κ1) is 22.6. The summed E-state index contributed by atoms with van der Waals surface area (Å²) in [7, 11) is 3.07. The second-order valence-electron chi connectivity index (χ2n) is 6.57. The molecule has 3 rings (SSSR count). The number of nitrogens with one attached hydrogen (secondary N) is 1. The largest absolute Gasteiger partial charge is 0.495 e. The van der Waals surface area contributed by atoms with E-state index >= 15 is 0 Å². The molecule has 1 heterocycles. The van der Waals surface area contributed by atoms with E-state index < -0.39 is 0 Å². The van der Waals surface area contributed by atoms with Crippen molar-refractivity contribution in [3.8, 4) is 5.75 Å². The lowest BCUT2D eigenvalue weighted by atomic mass is 10.2. The lowest BCUT2D eigenvalue weighted by Crippen LogP contribution is -2.35. The maximum absolute atomic E-state index is 13.0. The number of aryl methyl sites for hydroxylation is 1. The fourth-order valence-electron chi connectivity index (χ4n) is 2.77. The number of carbonyl (C=O) groups is 2. The molecule has 0 spiro atoms. The van der Waals surface area contributed by atoms with E-state index in [1.807, 2.05) is 12.1 Å². The normalized spacial score (nSPS) is 10.6. The molecule has 31 heavy (non-hydrogen) atoms. The van der Waals surface area contributed by atoms with Crippen molar-refractivity contribution in [2.75, 3.05) is 26.0 Å². The standard InChI is InChI=1S/C21H21ClN4O4S/c1-13-23-20(30-25-13)12-31-18-7-5-4-6-15(18)21(28)26(2)11-19(27)24-16-10-14(22)8-9-17(16)29-3/h4-10H,11-12H2,1-3H3,(H,24,27). The van der Waals surface area contributed by atoms with Gasteiger partial charge in [0.05, 0.1) is 30.7 Å². The number of nitrogens with zero attached hydrogens (tertiary/aromatic N) is 3. The van der Waals surface area contributed by atoms with Crippen molar-refractivity contribution in [1.82, 2.24) is 15.0 Å². The van der Waals surface area contributed by atoms with Crippen LogP contribution in [-0.2, 0) is 10.5 Å². The molecule has 3 aromatic rings. The summed E-state index contributed by atoms with van der Waals surface area (Å²) in [6.45, 7) is 1.60. The van der Waals surface area contributed by atoms with E-state index in [1.165, 1.54) is 23.8 Å². The first-order chi connectivity index (χ1) is 14.9. The van der Waals surface area contributed by atoms with Crippen molar-refractivity contribution in [2.45, 2.75) is 17.6 Å². The number of carbonyl (C=O) groups excluding carboxylic acids is 2. The minimum atomic E-state index is -0.372. The summed E-state index contributed by atoms with van der Waals surface area (Å²) in [6, 6.07) is 12.1. The van der Waals surface area contributed by atoms with Crippen LogP contribution in [0.25, 0.3) is 0 Å². The second kappa shape index (κ2) is 10.3. The van der Waals surface area contributed by atoms with E-state index in [2.05, 4.69) is 15.5 Å². The van der Waals surface area contributed by atoms with Gasteiger partial charge in [0.15, 0.2) is 5.82 Å². The fourth-order valence-corrected chi connectivity index (χ4v) is 3.82. The van der Waals surface area contributed by atoms with Gasteiger partial charge >= 0.3 is 0 Å². The van der Waals surface area contributed by atoms with Gasteiger partial charge in [-0.25, -0.2) is 0 Å². The van der Waals surface area contributed by atoms with Crippen molar-refractivity contribution < 1.29 is 18.8 Å². The Balaban J connectivity index is 1.66. The number of ether oxygens (including phenoxy) is 1. The summed E-state index contributed by atoms with van der Waals surface area (Å²) in [4.78, 5) is 31.8. The zero-order valence-corrected chi connectivity index (χ0v) is 18.8. The SMILES string of the molecule is COc1ccc(Cl)cc1NC(=O)CN(C)C(=O)c1ccccc1SCc1nc(C)no1. The number of methoxy groups -OCH3 is 1. The zero-order valence-electron chi connectivity index (χ0n) is 17.2. The van der Waals surface area contributed by atoms with Gasteiger partial charge in [-0.15, -0.1) is 11.8 Å². The Kier molecular flexibility index (Phi) is 7.54. The van der Waals surface area contributed by atoms with Crippen LogP contribution >= 0.6 is 23.4 Å². The summed E-state index contributed by atoms with van der Waals surface area (Å²) in [5.74, 6) is 1.30. The number of thioether (sulfide) groups is 1. The molecular weight excluding hydrogens is 440 g/mol. The van der Waals surface area contributed by atoms with Gasteiger partial charge in [0.1, 0.15) is 5.75 Å². The highest BCUT2D eigenvalue weighted by Crippen LogP contribution is 2.28. The van der Waals surface area contributed by atoms with Crippen LogP contribution in [0.1, 0.15) is 22.1 Å². The van der Waals surface area contributed by atoms with Crippen LogP contribution in [-0.4, -0.2) is 47.6 Å². The molecule has 10 heteroatoms. The molecule has 8 nitrogen and oxygen atoms in total. The molecule has 0 unspecified atom stereocenters.